The Kier molecular flexibility index (Phi) is 12.7. The Bertz CT molecular complexity index is 198. The molecule has 0 aromatic carbocycles. The van der Waals surface area contributed by atoms with E-state index in [2.05, 4.69) is 39.5 Å². The lowest BCUT2D eigenvalue weighted by Crippen LogP contribution is -2.45. The van der Waals surface area contributed by atoms with Gasteiger partial charge in [-0.05, 0) is 31.4 Å². The maximum Gasteiger partial charge on any atom is 0.529 e. The van der Waals surface area contributed by atoms with E-state index in [1.54, 1.807) is 0 Å². The molecule has 0 rings (SSSR count). The lowest BCUT2D eigenvalue weighted by molar-refractivity contribution is 0.0715. The van der Waals surface area contributed by atoms with Gasteiger partial charge >= 0.3 is 8.80 Å². The van der Waals surface area contributed by atoms with Crippen molar-refractivity contribution < 1.29 is 13.3 Å². The summed E-state index contributed by atoms with van der Waals surface area (Å²) in [5.41, 5.74) is 2.09. The van der Waals surface area contributed by atoms with Crippen molar-refractivity contribution in [1.82, 2.24) is 0 Å². The molecule has 0 aliphatic carbocycles. The molecule has 0 radical (unpaired) electrons. The van der Waals surface area contributed by atoms with Crippen molar-refractivity contribution in [2.24, 2.45) is 0 Å². The highest BCUT2D eigenvalue weighted by atomic mass is 28.4. The largest absolute Gasteiger partial charge is 0.529 e. The highest BCUT2D eigenvalue weighted by molar-refractivity contribution is 6.66. The molecule has 0 saturated carbocycles. The van der Waals surface area contributed by atoms with Crippen molar-refractivity contribution in [3.63, 3.8) is 0 Å². The van der Waals surface area contributed by atoms with Crippen LogP contribution in [0.3, 0.4) is 0 Å². The van der Waals surface area contributed by atoms with Crippen LogP contribution >= 0.6 is 0 Å². The number of rotatable bonds is 13. The molecule has 0 fully saturated rings. The van der Waals surface area contributed by atoms with Gasteiger partial charge in [0.05, 0.1) is 0 Å². The second-order valence-electron chi connectivity index (χ2n) is 4.69. The minimum Gasteiger partial charge on any atom is -0.370 e. The van der Waals surface area contributed by atoms with Crippen LogP contribution in [0.2, 0.25) is 0 Å². The smallest absolute Gasteiger partial charge is 0.370 e. The van der Waals surface area contributed by atoms with E-state index >= 15 is 0 Å². The first-order valence-electron chi connectivity index (χ1n) is 7.84. The molecule has 0 aromatic rings. The van der Waals surface area contributed by atoms with Crippen LogP contribution in [0.1, 0.15) is 66.2 Å². The van der Waals surface area contributed by atoms with Gasteiger partial charge in [-0.1, -0.05) is 46.6 Å². The summed E-state index contributed by atoms with van der Waals surface area (Å²) in [7, 11) is -2.59. The maximum atomic E-state index is 5.97. The molecule has 114 valence electrons. The molecule has 0 saturated heterocycles. The first kappa shape index (κ1) is 18.8. The van der Waals surface area contributed by atoms with Gasteiger partial charge < -0.3 is 13.3 Å². The zero-order chi connectivity index (χ0) is 14.4. The average Bonchev–Trinajstić information content (AvgIpc) is 2.44. The lowest BCUT2D eigenvalue weighted by atomic mass is 10.2. The molecule has 0 unspecified atom stereocenters. The minimum absolute atomic E-state index is 0.706. The van der Waals surface area contributed by atoms with Gasteiger partial charge in [-0.25, -0.2) is 0 Å². The number of allylic oxidation sites excluding steroid dienone is 1. The van der Waals surface area contributed by atoms with Crippen molar-refractivity contribution in [2.45, 2.75) is 66.2 Å². The highest BCUT2D eigenvalue weighted by Crippen LogP contribution is 2.15. The fourth-order valence-electron chi connectivity index (χ4n) is 1.55. The molecule has 0 N–H and O–H groups in total. The lowest BCUT2D eigenvalue weighted by Gasteiger charge is -2.26. The second kappa shape index (κ2) is 12.8. The van der Waals surface area contributed by atoms with E-state index in [-0.39, 0.29) is 0 Å². The maximum absolute atomic E-state index is 5.97. The second-order valence-corrected chi connectivity index (χ2v) is 7.10. The van der Waals surface area contributed by atoms with Gasteiger partial charge in [-0.15, -0.1) is 0 Å². The SMILES string of the molecule is CCCC/C=C/[Si](OCCC)(OCCC)OCCC. The van der Waals surface area contributed by atoms with E-state index in [4.69, 9.17) is 13.3 Å². The van der Waals surface area contributed by atoms with E-state index in [1.807, 2.05) is 0 Å². The monoisotopic (exact) mass is 288 g/mol. The molecule has 0 aliphatic heterocycles. The quantitative estimate of drug-likeness (QED) is 0.369. The molecule has 0 amide bonds. The number of unbranched alkanes of at least 4 members (excludes halogenated alkanes) is 2. The van der Waals surface area contributed by atoms with Gasteiger partial charge in [0.25, 0.3) is 0 Å². The van der Waals surface area contributed by atoms with Crippen molar-refractivity contribution in [1.29, 1.82) is 0 Å². The van der Waals surface area contributed by atoms with Crippen LogP contribution in [0.25, 0.3) is 0 Å². The van der Waals surface area contributed by atoms with Gasteiger partial charge in [0.1, 0.15) is 0 Å². The third kappa shape index (κ3) is 9.38. The van der Waals surface area contributed by atoms with E-state index in [1.165, 1.54) is 12.8 Å². The fourth-order valence-corrected chi connectivity index (χ4v) is 4.01. The molecule has 3 nitrogen and oxygen atoms in total. The Labute approximate surface area is 120 Å². The summed E-state index contributed by atoms with van der Waals surface area (Å²) in [6, 6.07) is 0. The van der Waals surface area contributed by atoms with Gasteiger partial charge in [-0.3, -0.25) is 0 Å². The van der Waals surface area contributed by atoms with Crippen molar-refractivity contribution in [3.8, 4) is 0 Å². The molecule has 0 atom stereocenters. The van der Waals surface area contributed by atoms with Crippen molar-refractivity contribution in [3.05, 3.63) is 11.8 Å². The van der Waals surface area contributed by atoms with Crippen LogP contribution in [0, 0.1) is 0 Å². The predicted octanol–water partition coefficient (Wildman–Crippen LogP) is 4.49. The van der Waals surface area contributed by atoms with Crippen LogP contribution in [-0.2, 0) is 13.3 Å². The van der Waals surface area contributed by atoms with E-state index < -0.39 is 8.80 Å². The molecule has 19 heavy (non-hydrogen) atoms. The summed E-state index contributed by atoms with van der Waals surface area (Å²) in [6.45, 7) is 10.7. The van der Waals surface area contributed by atoms with Gasteiger partial charge in [0.2, 0.25) is 0 Å². The fraction of sp³-hybridized carbons (Fsp3) is 0.867. The van der Waals surface area contributed by atoms with Gasteiger partial charge in [0.15, 0.2) is 0 Å². The molecule has 0 bridgehead atoms. The first-order valence-corrected chi connectivity index (χ1v) is 9.64. The molecule has 0 aliphatic rings. The molecule has 0 aromatic heterocycles. The van der Waals surface area contributed by atoms with Gasteiger partial charge in [-0.2, -0.15) is 0 Å². The molecular formula is C15H32O3Si. The summed E-state index contributed by atoms with van der Waals surface area (Å²) in [6.07, 6.45) is 8.63. The minimum atomic E-state index is -2.59. The van der Waals surface area contributed by atoms with Gasteiger partial charge in [0, 0.05) is 19.8 Å². The van der Waals surface area contributed by atoms with Crippen LogP contribution in [0.4, 0.5) is 0 Å². The number of hydrogen-bond donors (Lipinski definition) is 0. The van der Waals surface area contributed by atoms with Crippen LogP contribution < -0.4 is 0 Å². The summed E-state index contributed by atoms with van der Waals surface area (Å²) >= 11 is 0. The van der Waals surface area contributed by atoms with Crippen LogP contribution in [0.5, 0.6) is 0 Å². The Morgan fingerprint density at radius 1 is 0.737 bits per heavy atom. The Balaban J connectivity index is 4.60. The van der Waals surface area contributed by atoms with Crippen molar-refractivity contribution >= 4 is 8.80 Å². The molecule has 0 heterocycles. The predicted molar refractivity (Wildman–Crippen MR) is 83.1 cm³/mol. The van der Waals surface area contributed by atoms with Crippen LogP contribution in [0.15, 0.2) is 11.8 Å². The summed E-state index contributed by atoms with van der Waals surface area (Å²) < 4.78 is 17.9. The Morgan fingerprint density at radius 2 is 1.21 bits per heavy atom. The Morgan fingerprint density at radius 3 is 1.58 bits per heavy atom. The van der Waals surface area contributed by atoms with E-state index in [0.717, 1.165) is 25.7 Å². The van der Waals surface area contributed by atoms with Crippen LogP contribution in [-0.4, -0.2) is 28.6 Å². The molecule has 0 spiro atoms. The summed E-state index contributed by atoms with van der Waals surface area (Å²) in [5.74, 6) is 0. The molecule has 4 heteroatoms. The van der Waals surface area contributed by atoms with E-state index in [9.17, 15) is 0 Å². The third-order valence-electron chi connectivity index (χ3n) is 2.57. The summed E-state index contributed by atoms with van der Waals surface area (Å²) in [4.78, 5) is 0. The highest BCUT2D eigenvalue weighted by Gasteiger charge is 2.37. The third-order valence-corrected chi connectivity index (χ3v) is 5.03. The first-order chi connectivity index (χ1) is 9.24. The zero-order valence-electron chi connectivity index (χ0n) is 13.2. The Hall–Kier alpha value is -0.163. The van der Waals surface area contributed by atoms with Crippen molar-refractivity contribution in [2.75, 3.05) is 19.8 Å². The molecular weight excluding hydrogens is 256 g/mol. The average molecular weight is 289 g/mol. The normalized spacial score (nSPS) is 12.4. The number of hydrogen-bond acceptors (Lipinski definition) is 3. The van der Waals surface area contributed by atoms with E-state index in [0.29, 0.717) is 19.8 Å². The summed E-state index contributed by atoms with van der Waals surface area (Å²) in [5, 5.41) is 0. The zero-order valence-corrected chi connectivity index (χ0v) is 14.2. The standard InChI is InChI=1S/C15H32O3Si/c1-5-9-10-11-15-19(16-12-6-2,17-13-7-3)18-14-8-4/h11,15H,5-10,12-14H2,1-4H3/b15-11+. The topological polar surface area (TPSA) is 27.7 Å².